The van der Waals surface area contributed by atoms with Crippen LogP contribution in [0.5, 0.6) is 0 Å². The van der Waals surface area contributed by atoms with E-state index in [0.29, 0.717) is 34.2 Å². The van der Waals surface area contributed by atoms with Gasteiger partial charge in [-0.3, -0.25) is 9.55 Å². The van der Waals surface area contributed by atoms with E-state index in [1.165, 1.54) is 6.07 Å². The van der Waals surface area contributed by atoms with Gasteiger partial charge in [-0.1, -0.05) is 23.7 Å². The molecule has 4 aromatic heterocycles. The highest BCUT2D eigenvalue weighted by atomic mass is 35.5. The van der Waals surface area contributed by atoms with Crippen LogP contribution < -0.4 is 10.6 Å². The Labute approximate surface area is 235 Å². The minimum absolute atomic E-state index is 0.0578. The molecular weight excluding hydrogens is 557 g/mol. The molecule has 0 radical (unpaired) electrons. The zero-order chi connectivity index (χ0) is 28.6. The summed E-state index contributed by atoms with van der Waals surface area (Å²) in [5.74, 6) is 1.20. The number of amides is 2. The van der Waals surface area contributed by atoms with Crippen LogP contribution in [0.15, 0.2) is 98.0 Å². The number of urea groups is 1. The van der Waals surface area contributed by atoms with Crippen LogP contribution in [0.4, 0.5) is 29.3 Å². The molecule has 2 aromatic carbocycles. The average Bonchev–Trinajstić information content (AvgIpc) is 3.64. The Morgan fingerprint density at radius 2 is 1.61 bits per heavy atom. The standard InChI is InChI=1S/C28H18ClF3N8O/c29-22-5-4-20(15-21(22)28(30,31)32)37-27(41)36-19-3-1-2-18(14-19)23-16-39-12-10-35-25(39)26(38-23)40-13-11-34-24(40)17-6-8-33-9-7-17/h1-16H,(H2,36,37,41). The topological polar surface area (TPSA) is 102 Å². The van der Waals surface area contributed by atoms with E-state index in [1.54, 1.807) is 61.6 Å². The summed E-state index contributed by atoms with van der Waals surface area (Å²) in [5, 5.41) is 4.60. The molecule has 13 heteroatoms. The molecule has 6 rings (SSSR count). The first-order valence-electron chi connectivity index (χ1n) is 12.1. The first-order chi connectivity index (χ1) is 19.8. The predicted octanol–water partition coefficient (Wildman–Crippen LogP) is 6.96. The molecule has 0 unspecified atom stereocenters. The molecule has 2 amide bonds. The second-order valence-electron chi connectivity index (χ2n) is 8.82. The molecule has 0 aliphatic rings. The van der Waals surface area contributed by atoms with Gasteiger partial charge in [-0.25, -0.2) is 19.7 Å². The van der Waals surface area contributed by atoms with Crippen molar-refractivity contribution in [1.29, 1.82) is 0 Å². The van der Waals surface area contributed by atoms with Gasteiger partial charge in [0.15, 0.2) is 11.5 Å². The van der Waals surface area contributed by atoms with Crippen LogP contribution in [-0.4, -0.2) is 34.9 Å². The summed E-state index contributed by atoms with van der Waals surface area (Å²) in [4.78, 5) is 30.5. The van der Waals surface area contributed by atoms with Crippen molar-refractivity contribution >= 4 is 34.7 Å². The molecule has 0 aliphatic carbocycles. The van der Waals surface area contributed by atoms with E-state index in [1.807, 2.05) is 27.2 Å². The number of hydrogen-bond donors (Lipinski definition) is 2. The SMILES string of the molecule is O=C(Nc1cccc(-c2cn3ccnc3c(-n3ccnc3-c3ccncc3)n2)c1)Nc1ccc(Cl)c(C(F)(F)F)c1. The van der Waals surface area contributed by atoms with Crippen molar-refractivity contribution in [2.75, 3.05) is 10.6 Å². The Balaban J connectivity index is 1.30. The lowest BCUT2D eigenvalue weighted by Gasteiger charge is -2.13. The van der Waals surface area contributed by atoms with Crippen LogP contribution in [0.2, 0.25) is 5.02 Å². The zero-order valence-corrected chi connectivity index (χ0v) is 21.6. The number of imidazole rings is 2. The minimum Gasteiger partial charge on any atom is -0.308 e. The van der Waals surface area contributed by atoms with Crippen molar-refractivity contribution in [3.05, 3.63) is 109 Å². The van der Waals surface area contributed by atoms with Crippen LogP contribution in [-0.2, 0) is 6.18 Å². The summed E-state index contributed by atoms with van der Waals surface area (Å²) in [6.45, 7) is 0. The molecule has 9 nitrogen and oxygen atoms in total. The van der Waals surface area contributed by atoms with Crippen molar-refractivity contribution in [2.24, 2.45) is 0 Å². The fraction of sp³-hybridized carbons (Fsp3) is 0.0357. The van der Waals surface area contributed by atoms with Gasteiger partial charge in [0.05, 0.1) is 16.3 Å². The second-order valence-corrected chi connectivity index (χ2v) is 9.22. The van der Waals surface area contributed by atoms with E-state index < -0.39 is 22.8 Å². The molecular formula is C28H18ClF3N8O. The van der Waals surface area contributed by atoms with Gasteiger partial charge in [-0.15, -0.1) is 0 Å². The van der Waals surface area contributed by atoms with Gasteiger partial charge in [-0.2, -0.15) is 13.2 Å². The zero-order valence-electron chi connectivity index (χ0n) is 20.8. The van der Waals surface area contributed by atoms with E-state index in [4.69, 9.17) is 16.6 Å². The van der Waals surface area contributed by atoms with E-state index in [2.05, 4.69) is 25.6 Å². The Morgan fingerprint density at radius 1 is 0.854 bits per heavy atom. The Bertz CT molecular complexity index is 1890. The highest BCUT2D eigenvalue weighted by Crippen LogP contribution is 2.36. The largest absolute Gasteiger partial charge is 0.417 e. The van der Waals surface area contributed by atoms with Gasteiger partial charge in [0.25, 0.3) is 0 Å². The molecule has 0 saturated carbocycles. The number of fused-ring (bicyclic) bond motifs is 1. The van der Waals surface area contributed by atoms with Gasteiger partial charge in [0, 0.05) is 65.9 Å². The van der Waals surface area contributed by atoms with Crippen LogP contribution in [0.1, 0.15) is 5.56 Å². The number of aromatic nitrogens is 6. The first kappa shape index (κ1) is 26.0. The van der Waals surface area contributed by atoms with Gasteiger partial charge in [0.2, 0.25) is 0 Å². The summed E-state index contributed by atoms with van der Waals surface area (Å²) >= 11 is 5.67. The van der Waals surface area contributed by atoms with E-state index in [-0.39, 0.29) is 5.69 Å². The maximum Gasteiger partial charge on any atom is 0.417 e. The van der Waals surface area contributed by atoms with Crippen LogP contribution in [0, 0.1) is 0 Å². The number of nitrogens with zero attached hydrogens (tertiary/aromatic N) is 6. The quantitative estimate of drug-likeness (QED) is 0.232. The van der Waals surface area contributed by atoms with Crippen molar-refractivity contribution in [1.82, 2.24) is 28.9 Å². The number of hydrogen-bond acceptors (Lipinski definition) is 5. The lowest BCUT2D eigenvalue weighted by molar-refractivity contribution is -0.137. The fourth-order valence-electron chi connectivity index (χ4n) is 4.27. The highest BCUT2D eigenvalue weighted by Gasteiger charge is 2.33. The average molecular weight is 575 g/mol. The Morgan fingerprint density at radius 3 is 2.39 bits per heavy atom. The molecule has 0 bridgehead atoms. The summed E-state index contributed by atoms with van der Waals surface area (Å²) in [6, 6.07) is 13.0. The second kappa shape index (κ2) is 10.4. The third-order valence-electron chi connectivity index (χ3n) is 6.11. The number of rotatable bonds is 5. The molecule has 0 spiro atoms. The molecule has 4 heterocycles. The smallest absolute Gasteiger partial charge is 0.308 e. The minimum atomic E-state index is -4.66. The Hall–Kier alpha value is -5.23. The number of pyridine rings is 1. The van der Waals surface area contributed by atoms with Gasteiger partial charge in [0.1, 0.15) is 5.82 Å². The summed E-state index contributed by atoms with van der Waals surface area (Å²) in [7, 11) is 0. The third kappa shape index (κ3) is 5.32. The maximum absolute atomic E-state index is 13.2. The number of carbonyl (C=O) groups excluding carboxylic acids is 1. The fourth-order valence-corrected chi connectivity index (χ4v) is 4.50. The van der Waals surface area contributed by atoms with Crippen LogP contribution >= 0.6 is 11.6 Å². The predicted molar refractivity (Wildman–Crippen MR) is 148 cm³/mol. The lowest BCUT2D eigenvalue weighted by atomic mass is 10.1. The van der Waals surface area contributed by atoms with Crippen molar-refractivity contribution in [3.8, 4) is 28.5 Å². The third-order valence-corrected chi connectivity index (χ3v) is 6.44. The van der Waals surface area contributed by atoms with Gasteiger partial charge in [-0.05, 0) is 42.5 Å². The molecule has 6 aromatic rings. The number of benzene rings is 2. The molecule has 0 saturated heterocycles. The molecule has 204 valence electrons. The van der Waals surface area contributed by atoms with Gasteiger partial charge >= 0.3 is 12.2 Å². The number of alkyl halides is 3. The Kier molecular flexibility index (Phi) is 6.59. The van der Waals surface area contributed by atoms with Crippen molar-refractivity contribution in [2.45, 2.75) is 6.18 Å². The number of anilines is 2. The van der Waals surface area contributed by atoms with Crippen molar-refractivity contribution < 1.29 is 18.0 Å². The van der Waals surface area contributed by atoms with E-state index >= 15 is 0 Å². The van der Waals surface area contributed by atoms with Gasteiger partial charge < -0.3 is 15.0 Å². The normalized spacial score (nSPS) is 11.5. The number of halogens is 4. The lowest BCUT2D eigenvalue weighted by Crippen LogP contribution is -2.20. The van der Waals surface area contributed by atoms with Crippen LogP contribution in [0.25, 0.3) is 34.1 Å². The number of nitrogens with one attached hydrogen (secondary N) is 2. The van der Waals surface area contributed by atoms with Crippen LogP contribution in [0.3, 0.4) is 0 Å². The monoisotopic (exact) mass is 574 g/mol. The first-order valence-corrected chi connectivity index (χ1v) is 12.5. The molecule has 2 N–H and O–H groups in total. The summed E-state index contributed by atoms with van der Waals surface area (Å²) < 4.78 is 43.2. The maximum atomic E-state index is 13.2. The highest BCUT2D eigenvalue weighted by molar-refractivity contribution is 6.31. The summed E-state index contributed by atoms with van der Waals surface area (Å²) in [6.07, 6.45) is 7.43. The van der Waals surface area contributed by atoms with E-state index in [0.717, 1.165) is 17.7 Å². The van der Waals surface area contributed by atoms with Crippen molar-refractivity contribution in [3.63, 3.8) is 0 Å². The molecule has 0 fully saturated rings. The van der Waals surface area contributed by atoms with E-state index in [9.17, 15) is 18.0 Å². The molecule has 41 heavy (non-hydrogen) atoms. The number of carbonyl (C=O) groups is 1. The summed E-state index contributed by atoms with van der Waals surface area (Å²) in [5.41, 5.74) is 2.02. The molecule has 0 aliphatic heterocycles. The molecule has 0 atom stereocenters.